The van der Waals surface area contributed by atoms with Crippen molar-refractivity contribution in [3.63, 3.8) is 0 Å². The van der Waals surface area contributed by atoms with E-state index < -0.39 is 21.6 Å². The molecule has 0 radical (unpaired) electrons. The second-order valence-electron chi connectivity index (χ2n) is 6.17. The summed E-state index contributed by atoms with van der Waals surface area (Å²) >= 11 is 0. The fourth-order valence-electron chi connectivity index (χ4n) is 2.79. The standard InChI is InChI=1S/C18H19FN2O5S/c1-11-8-13(4-5-14(11)19)20-27(23,24)17-10-15-16(9-12(17)2)26-18(22)21(15)6-7-25-3/h4-5,8-10,20H,6-7H2,1-3H3. The van der Waals surface area contributed by atoms with Gasteiger partial charge in [-0.3, -0.25) is 9.29 Å². The van der Waals surface area contributed by atoms with Crippen molar-refractivity contribution in [3.8, 4) is 0 Å². The predicted molar refractivity (Wildman–Crippen MR) is 99.0 cm³/mol. The van der Waals surface area contributed by atoms with Crippen LogP contribution in [0.4, 0.5) is 10.1 Å². The maximum atomic E-state index is 13.4. The van der Waals surface area contributed by atoms with Crippen molar-refractivity contribution in [1.82, 2.24) is 4.57 Å². The molecule has 1 N–H and O–H groups in total. The summed E-state index contributed by atoms with van der Waals surface area (Å²) in [5, 5.41) is 0. The summed E-state index contributed by atoms with van der Waals surface area (Å²) in [4.78, 5) is 12.0. The Bertz CT molecular complexity index is 1160. The maximum absolute atomic E-state index is 13.4. The van der Waals surface area contributed by atoms with Gasteiger partial charge in [0.1, 0.15) is 5.82 Å². The first-order valence-corrected chi connectivity index (χ1v) is 9.63. The molecule has 0 saturated heterocycles. The van der Waals surface area contributed by atoms with E-state index in [9.17, 15) is 17.6 Å². The zero-order valence-electron chi connectivity index (χ0n) is 15.1. The van der Waals surface area contributed by atoms with Crippen molar-refractivity contribution in [1.29, 1.82) is 0 Å². The van der Waals surface area contributed by atoms with E-state index in [0.29, 0.717) is 22.2 Å². The van der Waals surface area contributed by atoms with Crippen LogP contribution in [0.3, 0.4) is 0 Å². The van der Waals surface area contributed by atoms with Crippen molar-refractivity contribution < 1.29 is 22.0 Å². The Kier molecular flexibility index (Phi) is 5.07. The Morgan fingerprint density at radius 1 is 1.19 bits per heavy atom. The Hall–Kier alpha value is -2.65. The minimum atomic E-state index is -3.95. The number of aromatic nitrogens is 1. The number of nitrogens with one attached hydrogen (secondary N) is 1. The molecular weight excluding hydrogens is 375 g/mol. The predicted octanol–water partition coefficient (Wildman–Crippen LogP) is 2.80. The first-order valence-electron chi connectivity index (χ1n) is 8.15. The van der Waals surface area contributed by atoms with Gasteiger partial charge >= 0.3 is 5.76 Å². The van der Waals surface area contributed by atoms with E-state index in [0.717, 1.165) is 0 Å². The van der Waals surface area contributed by atoms with Gasteiger partial charge < -0.3 is 9.15 Å². The van der Waals surface area contributed by atoms with E-state index in [1.54, 1.807) is 13.8 Å². The maximum Gasteiger partial charge on any atom is 0.420 e. The van der Waals surface area contributed by atoms with Crippen LogP contribution in [0.2, 0.25) is 0 Å². The molecule has 2 aromatic carbocycles. The van der Waals surface area contributed by atoms with E-state index in [2.05, 4.69) is 4.72 Å². The van der Waals surface area contributed by atoms with E-state index in [-0.39, 0.29) is 23.7 Å². The summed E-state index contributed by atoms with van der Waals surface area (Å²) < 4.78 is 53.0. The quantitative estimate of drug-likeness (QED) is 0.694. The van der Waals surface area contributed by atoms with Crippen molar-refractivity contribution >= 4 is 26.8 Å². The lowest BCUT2D eigenvalue weighted by molar-refractivity contribution is 0.186. The lowest BCUT2D eigenvalue weighted by atomic mass is 10.2. The summed E-state index contributed by atoms with van der Waals surface area (Å²) in [7, 11) is -2.45. The third kappa shape index (κ3) is 3.74. The summed E-state index contributed by atoms with van der Waals surface area (Å²) in [5.74, 6) is -1.01. The van der Waals surface area contributed by atoms with Crippen LogP contribution in [-0.4, -0.2) is 26.7 Å². The molecule has 0 aliphatic heterocycles. The molecule has 0 atom stereocenters. The van der Waals surface area contributed by atoms with Crippen LogP contribution in [0.25, 0.3) is 11.1 Å². The molecule has 0 aliphatic carbocycles. The molecule has 3 aromatic rings. The third-order valence-corrected chi connectivity index (χ3v) is 5.71. The van der Waals surface area contributed by atoms with Crippen LogP contribution >= 0.6 is 0 Å². The summed E-state index contributed by atoms with van der Waals surface area (Å²) in [6.45, 7) is 3.66. The van der Waals surface area contributed by atoms with E-state index >= 15 is 0 Å². The van der Waals surface area contributed by atoms with Crippen molar-refractivity contribution in [2.24, 2.45) is 0 Å². The Labute approximate surface area is 155 Å². The molecule has 7 nitrogen and oxygen atoms in total. The second-order valence-corrected chi connectivity index (χ2v) is 7.82. The highest BCUT2D eigenvalue weighted by Gasteiger charge is 2.21. The number of sulfonamides is 1. The topological polar surface area (TPSA) is 90.5 Å². The molecule has 144 valence electrons. The average molecular weight is 394 g/mol. The van der Waals surface area contributed by atoms with Crippen LogP contribution in [0.1, 0.15) is 11.1 Å². The Morgan fingerprint density at radius 3 is 2.59 bits per heavy atom. The zero-order chi connectivity index (χ0) is 19.8. The van der Waals surface area contributed by atoms with Crippen LogP contribution in [0.5, 0.6) is 0 Å². The molecule has 0 amide bonds. The van der Waals surface area contributed by atoms with Gasteiger partial charge in [0.2, 0.25) is 0 Å². The van der Waals surface area contributed by atoms with E-state index in [1.165, 1.54) is 42.0 Å². The van der Waals surface area contributed by atoms with Gasteiger partial charge in [0, 0.05) is 12.8 Å². The minimum absolute atomic E-state index is 0.00365. The molecule has 0 saturated carbocycles. The third-order valence-electron chi connectivity index (χ3n) is 4.18. The normalized spacial score (nSPS) is 11.9. The van der Waals surface area contributed by atoms with Gasteiger partial charge in [-0.25, -0.2) is 17.6 Å². The van der Waals surface area contributed by atoms with Crippen LogP contribution in [0, 0.1) is 19.7 Å². The number of rotatable bonds is 6. The number of hydrogen-bond donors (Lipinski definition) is 1. The largest absolute Gasteiger partial charge is 0.420 e. The number of halogens is 1. The number of fused-ring (bicyclic) bond motifs is 1. The molecule has 27 heavy (non-hydrogen) atoms. The highest BCUT2D eigenvalue weighted by Crippen LogP contribution is 2.25. The molecule has 1 heterocycles. The lowest BCUT2D eigenvalue weighted by Crippen LogP contribution is -2.18. The van der Waals surface area contributed by atoms with Gasteiger partial charge in [-0.2, -0.15) is 0 Å². The summed E-state index contributed by atoms with van der Waals surface area (Å²) in [6, 6.07) is 6.85. The van der Waals surface area contributed by atoms with Crippen molar-refractivity contribution in [3.05, 3.63) is 57.8 Å². The second kappa shape index (κ2) is 7.16. The number of anilines is 1. The molecular formula is C18H19FN2O5S. The lowest BCUT2D eigenvalue weighted by Gasteiger charge is -2.12. The van der Waals surface area contributed by atoms with Crippen LogP contribution in [0.15, 0.2) is 44.4 Å². The molecule has 0 aliphatic rings. The summed E-state index contributed by atoms with van der Waals surface area (Å²) in [6.07, 6.45) is 0. The van der Waals surface area contributed by atoms with E-state index in [1.807, 2.05) is 0 Å². The smallest absolute Gasteiger partial charge is 0.408 e. The molecule has 3 rings (SSSR count). The van der Waals surface area contributed by atoms with Gasteiger partial charge in [-0.05, 0) is 55.3 Å². The monoisotopic (exact) mass is 394 g/mol. The Balaban J connectivity index is 2.07. The molecule has 0 spiro atoms. The number of ether oxygens (including phenoxy) is 1. The average Bonchev–Trinajstić information content (AvgIpc) is 2.89. The fourth-order valence-corrected chi connectivity index (χ4v) is 4.09. The molecule has 0 bridgehead atoms. The SMILES string of the molecule is COCCn1c(=O)oc2cc(C)c(S(=O)(=O)Nc3ccc(F)c(C)c3)cc21. The van der Waals surface area contributed by atoms with Crippen LogP contribution < -0.4 is 10.5 Å². The number of nitrogens with zero attached hydrogens (tertiary/aromatic N) is 1. The number of methoxy groups -OCH3 is 1. The van der Waals surface area contributed by atoms with Crippen LogP contribution in [-0.2, 0) is 21.3 Å². The highest BCUT2D eigenvalue weighted by molar-refractivity contribution is 7.92. The molecule has 0 fully saturated rings. The summed E-state index contributed by atoms with van der Waals surface area (Å²) in [5.41, 5.74) is 1.65. The highest BCUT2D eigenvalue weighted by atomic mass is 32.2. The minimum Gasteiger partial charge on any atom is -0.408 e. The van der Waals surface area contributed by atoms with Crippen molar-refractivity contribution in [2.45, 2.75) is 25.3 Å². The van der Waals surface area contributed by atoms with Gasteiger partial charge in [0.25, 0.3) is 10.0 Å². The van der Waals surface area contributed by atoms with Gasteiger partial charge in [0.05, 0.1) is 23.6 Å². The molecule has 1 aromatic heterocycles. The molecule has 0 unspecified atom stereocenters. The van der Waals surface area contributed by atoms with Gasteiger partial charge in [-0.15, -0.1) is 0 Å². The number of oxazole rings is 1. The number of benzene rings is 2. The van der Waals surface area contributed by atoms with Crippen molar-refractivity contribution in [2.75, 3.05) is 18.4 Å². The number of aryl methyl sites for hydroxylation is 2. The Morgan fingerprint density at radius 2 is 1.93 bits per heavy atom. The van der Waals surface area contributed by atoms with Gasteiger partial charge in [-0.1, -0.05) is 0 Å². The van der Waals surface area contributed by atoms with Gasteiger partial charge in [0.15, 0.2) is 5.58 Å². The molecule has 9 heteroatoms. The fraction of sp³-hybridized carbons (Fsp3) is 0.278. The number of hydrogen-bond acceptors (Lipinski definition) is 5. The van der Waals surface area contributed by atoms with E-state index in [4.69, 9.17) is 9.15 Å². The first-order chi connectivity index (χ1) is 12.7. The first kappa shape index (κ1) is 19.1. The zero-order valence-corrected chi connectivity index (χ0v) is 15.9.